The summed E-state index contributed by atoms with van der Waals surface area (Å²) < 4.78 is 30.7. The predicted octanol–water partition coefficient (Wildman–Crippen LogP) is 1.74. The molecule has 0 atom stereocenters. The van der Waals surface area contributed by atoms with E-state index in [2.05, 4.69) is 9.72 Å². The monoisotopic (exact) mass is 201 g/mol. The number of carbonyl (C=O) groups excluding carboxylic acids is 1. The molecule has 0 aromatic carbocycles. The number of pyridine rings is 1. The SMILES string of the molecule is CCOC(=O)C(F)(F)c1cccnc1. The fraction of sp³-hybridized carbons (Fsp3) is 0.333. The van der Waals surface area contributed by atoms with Crippen LogP contribution in [0.3, 0.4) is 0 Å². The summed E-state index contributed by atoms with van der Waals surface area (Å²) in [7, 11) is 0. The van der Waals surface area contributed by atoms with Crippen molar-refractivity contribution in [3.8, 4) is 0 Å². The Morgan fingerprint density at radius 1 is 1.64 bits per heavy atom. The minimum absolute atomic E-state index is 0.0747. The van der Waals surface area contributed by atoms with Gasteiger partial charge in [0.1, 0.15) is 0 Å². The third-order valence-electron chi connectivity index (χ3n) is 1.56. The largest absolute Gasteiger partial charge is 0.461 e. The molecule has 0 aliphatic carbocycles. The fourth-order valence-corrected chi connectivity index (χ4v) is 0.888. The van der Waals surface area contributed by atoms with E-state index >= 15 is 0 Å². The van der Waals surface area contributed by atoms with Gasteiger partial charge in [0.15, 0.2) is 0 Å². The van der Waals surface area contributed by atoms with Gasteiger partial charge in [-0.15, -0.1) is 0 Å². The molecule has 1 rings (SSSR count). The van der Waals surface area contributed by atoms with Crippen LogP contribution in [0, 0.1) is 0 Å². The number of hydrogen-bond donors (Lipinski definition) is 0. The zero-order chi connectivity index (χ0) is 10.6. The molecular formula is C9H9F2NO2. The standard InChI is InChI=1S/C9H9F2NO2/c1-2-14-8(13)9(10,11)7-4-3-5-12-6-7/h3-6H,2H2,1H3. The highest BCUT2D eigenvalue weighted by Gasteiger charge is 2.42. The van der Waals surface area contributed by atoms with Crippen LogP contribution >= 0.6 is 0 Å². The molecule has 0 unspecified atom stereocenters. The van der Waals surface area contributed by atoms with Crippen molar-refractivity contribution in [1.82, 2.24) is 4.98 Å². The second kappa shape index (κ2) is 4.13. The molecule has 0 saturated heterocycles. The van der Waals surface area contributed by atoms with E-state index < -0.39 is 17.5 Å². The molecule has 0 aliphatic rings. The Balaban J connectivity index is 2.90. The summed E-state index contributed by atoms with van der Waals surface area (Å²) in [6, 6.07) is 2.46. The summed E-state index contributed by atoms with van der Waals surface area (Å²) in [6.07, 6.45) is 2.29. The maximum absolute atomic E-state index is 13.2. The van der Waals surface area contributed by atoms with Gasteiger partial charge in [-0.05, 0) is 19.1 Å². The van der Waals surface area contributed by atoms with Gasteiger partial charge in [0.2, 0.25) is 0 Å². The quantitative estimate of drug-likeness (QED) is 0.699. The summed E-state index contributed by atoms with van der Waals surface area (Å²) in [6.45, 7) is 1.39. The summed E-state index contributed by atoms with van der Waals surface area (Å²) in [4.78, 5) is 14.4. The van der Waals surface area contributed by atoms with Gasteiger partial charge in [-0.2, -0.15) is 8.78 Å². The van der Waals surface area contributed by atoms with Crippen LogP contribution in [0.15, 0.2) is 24.5 Å². The van der Waals surface area contributed by atoms with Crippen LogP contribution in [-0.2, 0) is 15.5 Å². The molecule has 0 aliphatic heterocycles. The van der Waals surface area contributed by atoms with Crippen LogP contribution in [0.2, 0.25) is 0 Å². The van der Waals surface area contributed by atoms with E-state index in [4.69, 9.17) is 0 Å². The maximum atomic E-state index is 13.2. The molecule has 0 saturated carbocycles. The van der Waals surface area contributed by atoms with Gasteiger partial charge < -0.3 is 4.74 Å². The van der Waals surface area contributed by atoms with Crippen molar-refractivity contribution in [2.24, 2.45) is 0 Å². The summed E-state index contributed by atoms with van der Waals surface area (Å²) >= 11 is 0. The second-order valence-electron chi connectivity index (χ2n) is 2.54. The van der Waals surface area contributed by atoms with Gasteiger partial charge in [0, 0.05) is 12.4 Å². The van der Waals surface area contributed by atoms with Crippen LogP contribution in [-0.4, -0.2) is 17.6 Å². The molecule has 76 valence electrons. The normalized spacial score (nSPS) is 11.1. The highest BCUT2D eigenvalue weighted by atomic mass is 19.3. The van der Waals surface area contributed by atoms with E-state index in [1.54, 1.807) is 0 Å². The molecule has 0 amide bonds. The van der Waals surface area contributed by atoms with E-state index in [0.717, 1.165) is 12.3 Å². The van der Waals surface area contributed by atoms with Gasteiger partial charge >= 0.3 is 11.9 Å². The lowest BCUT2D eigenvalue weighted by Gasteiger charge is -2.13. The van der Waals surface area contributed by atoms with Crippen molar-refractivity contribution in [1.29, 1.82) is 0 Å². The zero-order valence-electron chi connectivity index (χ0n) is 7.54. The maximum Gasteiger partial charge on any atom is 0.382 e. The topological polar surface area (TPSA) is 39.2 Å². The van der Waals surface area contributed by atoms with Crippen molar-refractivity contribution in [2.75, 3.05) is 6.61 Å². The molecule has 0 spiro atoms. The number of halogens is 2. The smallest absolute Gasteiger partial charge is 0.382 e. The Morgan fingerprint density at radius 3 is 2.86 bits per heavy atom. The Bertz CT molecular complexity index is 314. The van der Waals surface area contributed by atoms with E-state index in [9.17, 15) is 13.6 Å². The Kier molecular flexibility index (Phi) is 3.11. The number of rotatable bonds is 3. The lowest BCUT2D eigenvalue weighted by atomic mass is 10.1. The molecule has 0 bridgehead atoms. The first-order chi connectivity index (χ1) is 6.59. The van der Waals surface area contributed by atoms with Crippen LogP contribution in [0.1, 0.15) is 12.5 Å². The first-order valence-corrected chi connectivity index (χ1v) is 4.04. The summed E-state index contributed by atoms with van der Waals surface area (Å²) in [5, 5.41) is 0. The minimum Gasteiger partial charge on any atom is -0.461 e. The molecule has 1 heterocycles. The highest BCUT2D eigenvalue weighted by Crippen LogP contribution is 2.28. The first-order valence-electron chi connectivity index (χ1n) is 4.04. The van der Waals surface area contributed by atoms with Crippen molar-refractivity contribution in [2.45, 2.75) is 12.8 Å². The van der Waals surface area contributed by atoms with Crippen molar-refractivity contribution in [3.63, 3.8) is 0 Å². The number of ether oxygens (including phenoxy) is 1. The van der Waals surface area contributed by atoms with Crippen molar-refractivity contribution < 1.29 is 18.3 Å². The third-order valence-corrected chi connectivity index (χ3v) is 1.56. The molecule has 1 aromatic heterocycles. The lowest BCUT2D eigenvalue weighted by molar-refractivity contribution is -0.173. The third kappa shape index (κ3) is 2.04. The van der Waals surface area contributed by atoms with Crippen molar-refractivity contribution >= 4 is 5.97 Å². The van der Waals surface area contributed by atoms with Gasteiger partial charge in [-0.25, -0.2) is 4.79 Å². The molecule has 3 nitrogen and oxygen atoms in total. The minimum atomic E-state index is -3.62. The number of carbonyl (C=O) groups is 1. The summed E-state index contributed by atoms with van der Waals surface area (Å²) in [5.41, 5.74) is -0.460. The molecule has 14 heavy (non-hydrogen) atoms. The zero-order valence-corrected chi connectivity index (χ0v) is 7.54. The van der Waals surface area contributed by atoms with E-state index in [1.165, 1.54) is 19.2 Å². The van der Waals surface area contributed by atoms with E-state index in [1.807, 2.05) is 0 Å². The Hall–Kier alpha value is -1.52. The molecule has 0 radical (unpaired) electrons. The van der Waals surface area contributed by atoms with Crippen molar-refractivity contribution in [3.05, 3.63) is 30.1 Å². The predicted molar refractivity (Wildman–Crippen MR) is 44.8 cm³/mol. The molecule has 0 fully saturated rings. The fourth-order valence-electron chi connectivity index (χ4n) is 0.888. The van der Waals surface area contributed by atoms with Gasteiger partial charge in [0.25, 0.3) is 0 Å². The average Bonchev–Trinajstić information content (AvgIpc) is 2.19. The van der Waals surface area contributed by atoms with Crippen LogP contribution in [0.4, 0.5) is 8.78 Å². The molecular weight excluding hydrogens is 192 g/mol. The van der Waals surface area contributed by atoms with Gasteiger partial charge in [-0.3, -0.25) is 4.98 Å². The van der Waals surface area contributed by atoms with E-state index in [-0.39, 0.29) is 6.61 Å². The van der Waals surface area contributed by atoms with E-state index in [0.29, 0.717) is 0 Å². The average molecular weight is 201 g/mol. The molecule has 1 aromatic rings. The first kappa shape index (κ1) is 10.6. The number of nitrogens with zero attached hydrogens (tertiary/aromatic N) is 1. The van der Waals surface area contributed by atoms with Gasteiger partial charge in [0.05, 0.1) is 12.2 Å². The number of hydrogen-bond acceptors (Lipinski definition) is 3. The molecule has 5 heteroatoms. The Labute approximate surface area is 79.7 Å². The lowest BCUT2D eigenvalue weighted by Crippen LogP contribution is -2.28. The Morgan fingerprint density at radius 2 is 2.36 bits per heavy atom. The molecule has 0 N–H and O–H groups in total. The van der Waals surface area contributed by atoms with Crippen LogP contribution in [0.5, 0.6) is 0 Å². The number of esters is 1. The van der Waals surface area contributed by atoms with Gasteiger partial charge in [-0.1, -0.05) is 0 Å². The van der Waals surface area contributed by atoms with Crippen LogP contribution in [0.25, 0.3) is 0 Å². The second-order valence-corrected chi connectivity index (χ2v) is 2.54. The van der Waals surface area contributed by atoms with Crippen LogP contribution < -0.4 is 0 Å². The number of aromatic nitrogens is 1. The summed E-state index contributed by atoms with van der Waals surface area (Å²) in [5.74, 6) is -5.17. The number of alkyl halides is 2. The highest BCUT2D eigenvalue weighted by molar-refractivity contribution is 5.79.